The predicted octanol–water partition coefficient (Wildman–Crippen LogP) is 2.38. The number of fused-ring (bicyclic) bond motifs is 1. The summed E-state index contributed by atoms with van der Waals surface area (Å²) in [6.45, 7) is 1.06. The Morgan fingerprint density at radius 3 is 2.57 bits per heavy atom. The molecule has 0 fully saturated rings. The molecule has 0 aliphatic rings. The zero-order chi connectivity index (χ0) is 16.5. The zero-order valence-corrected chi connectivity index (χ0v) is 12.7. The summed E-state index contributed by atoms with van der Waals surface area (Å²) in [5, 5.41) is 15.9. The monoisotopic (exact) mass is 316 g/mol. The maximum atomic E-state index is 11.5. The molecule has 6 nitrogen and oxygen atoms in total. The van der Waals surface area contributed by atoms with Crippen LogP contribution < -0.4 is 15.4 Å². The molecule has 0 aliphatic heterocycles. The van der Waals surface area contributed by atoms with Crippen LogP contribution in [-0.2, 0) is 4.79 Å². The molecule has 0 heterocycles. The van der Waals surface area contributed by atoms with Crippen LogP contribution in [0.25, 0.3) is 10.8 Å². The van der Waals surface area contributed by atoms with Gasteiger partial charge >= 0.3 is 12.0 Å². The molecule has 6 heteroatoms. The zero-order valence-electron chi connectivity index (χ0n) is 12.7. The standard InChI is InChI=1S/C17H20N2O4/c20-16(21)9-4-10-18-17(22)19-11-12-23-15-8-3-6-13-5-1-2-7-14(13)15/h1-3,5-8H,4,9-12H2,(H,20,21)(H2,18,19,22). The summed E-state index contributed by atoms with van der Waals surface area (Å²) < 4.78 is 5.71. The van der Waals surface area contributed by atoms with Crippen LogP contribution in [0.5, 0.6) is 5.75 Å². The second-order valence-electron chi connectivity index (χ2n) is 5.01. The highest BCUT2D eigenvalue weighted by Gasteiger charge is 2.03. The van der Waals surface area contributed by atoms with Gasteiger partial charge in [0.05, 0.1) is 6.54 Å². The van der Waals surface area contributed by atoms with E-state index in [1.54, 1.807) is 0 Å². The molecule has 0 bridgehead atoms. The fourth-order valence-electron chi connectivity index (χ4n) is 2.15. The van der Waals surface area contributed by atoms with Crippen molar-refractivity contribution in [3.05, 3.63) is 42.5 Å². The van der Waals surface area contributed by atoms with Gasteiger partial charge in [0, 0.05) is 18.4 Å². The van der Waals surface area contributed by atoms with Gasteiger partial charge in [-0.3, -0.25) is 4.79 Å². The number of amides is 2. The third-order valence-electron chi connectivity index (χ3n) is 3.25. The largest absolute Gasteiger partial charge is 0.491 e. The van der Waals surface area contributed by atoms with E-state index in [9.17, 15) is 9.59 Å². The normalized spacial score (nSPS) is 10.3. The van der Waals surface area contributed by atoms with Crippen molar-refractivity contribution in [2.75, 3.05) is 19.7 Å². The lowest BCUT2D eigenvalue weighted by molar-refractivity contribution is -0.137. The molecule has 2 amide bonds. The summed E-state index contributed by atoms with van der Waals surface area (Å²) >= 11 is 0. The number of aliphatic carboxylic acids is 1. The molecule has 0 unspecified atom stereocenters. The van der Waals surface area contributed by atoms with Crippen LogP contribution >= 0.6 is 0 Å². The Labute approximate surface area is 134 Å². The number of rotatable bonds is 8. The van der Waals surface area contributed by atoms with Gasteiger partial charge in [0.2, 0.25) is 0 Å². The van der Waals surface area contributed by atoms with E-state index in [1.807, 2.05) is 42.5 Å². The number of hydrogen-bond donors (Lipinski definition) is 3. The van der Waals surface area contributed by atoms with Crippen molar-refractivity contribution in [3.63, 3.8) is 0 Å². The summed E-state index contributed by atoms with van der Waals surface area (Å²) in [5.74, 6) is -0.0811. The number of ether oxygens (including phenoxy) is 1. The molecule has 0 spiro atoms. The SMILES string of the molecule is O=C(O)CCCNC(=O)NCCOc1cccc2ccccc12. The molecule has 2 rings (SSSR count). The molecule has 122 valence electrons. The van der Waals surface area contributed by atoms with Crippen molar-refractivity contribution >= 4 is 22.8 Å². The third-order valence-corrected chi connectivity index (χ3v) is 3.25. The van der Waals surface area contributed by atoms with Gasteiger partial charge < -0.3 is 20.5 Å². The van der Waals surface area contributed by atoms with E-state index in [0.717, 1.165) is 16.5 Å². The quantitative estimate of drug-likeness (QED) is 0.653. The van der Waals surface area contributed by atoms with E-state index < -0.39 is 5.97 Å². The highest BCUT2D eigenvalue weighted by Crippen LogP contribution is 2.24. The molecule has 0 aliphatic carbocycles. The van der Waals surface area contributed by atoms with Gasteiger partial charge in [-0.25, -0.2) is 4.79 Å². The van der Waals surface area contributed by atoms with Crippen molar-refractivity contribution in [2.24, 2.45) is 0 Å². The smallest absolute Gasteiger partial charge is 0.314 e. The molecule has 23 heavy (non-hydrogen) atoms. The number of nitrogens with one attached hydrogen (secondary N) is 2. The molecular weight excluding hydrogens is 296 g/mol. The van der Waals surface area contributed by atoms with Crippen LogP contribution in [-0.4, -0.2) is 36.8 Å². The first-order chi connectivity index (χ1) is 11.2. The minimum absolute atomic E-state index is 0.0461. The third kappa shape index (κ3) is 5.50. The number of carboxylic acid groups (broad SMARTS) is 1. The molecule has 2 aromatic carbocycles. The fourth-order valence-corrected chi connectivity index (χ4v) is 2.15. The van der Waals surface area contributed by atoms with E-state index in [0.29, 0.717) is 26.1 Å². The molecule has 2 aromatic rings. The average Bonchev–Trinajstić information content (AvgIpc) is 2.55. The lowest BCUT2D eigenvalue weighted by Crippen LogP contribution is -2.38. The van der Waals surface area contributed by atoms with E-state index in [2.05, 4.69) is 10.6 Å². The first-order valence-corrected chi connectivity index (χ1v) is 7.51. The van der Waals surface area contributed by atoms with Crippen LogP contribution in [0, 0.1) is 0 Å². The molecular formula is C17H20N2O4. The van der Waals surface area contributed by atoms with Gasteiger partial charge in [0.15, 0.2) is 0 Å². The number of carbonyl (C=O) groups is 2. The van der Waals surface area contributed by atoms with E-state index in [1.165, 1.54) is 0 Å². The Balaban J connectivity index is 1.68. The Hall–Kier alpha value is -2.76. The van der Waals surface area contributed by atoms with Crippen LogP contribution in [0.3, 0.4) is 0 Å². The van der Waals surface area contributed by atoms with Crippen LogP contribution in [0.15, 0.2) is 42.5 Å². The van der Waals surface area contributed by atoms with E-state index >= 15 is 0 Å². The van der Waals surface area contributed by atoms with Crippen molar-refractivity contribution in [3.8, 4) is 5.75 Å². The van der Waals surface area contributed by atoms with Crippen molar-refractivity contribution in [2.45, 2.75) is 12.8 Å². The molecule has 0 aromatic heterocycles. The van der Waals surface area contributed by atoms with Crippen molar-refractivity contribution < 1.29 is 19.4 Å². The van der Waals surface area contributed by atoms with Crippen molar-refractivity contribution in [1.82, 2.24) is 10.6 Å². The van der Waals surface area contributed by atoms with Gasteiger partial charge in [-0.2, -0.15) is 0 Å². The maximum absolute atomic E-state index is 11.5. The van der Waals surface area contributed by atoms with Crippen molar-refractivity contribution in [1.29, 1.82) is 0 Å². The Kier molecular flexibility index (Phi) is 6.23. The number of carbonyl (C=O) groups excluding carboxylic acids is 1. The highest BCUT2D eigenvalue weighted by atomic mass is 16.5. The van der Waals surface area contributed by atoms with Gasteiger partial charge in [0.1, 0.15) is 12.4 Å². The lowest BCUT2D eigenvalue weighted by atomic mass is 10.1. The summed E-state index contributed by atoms with van der Waals surface area (Å²) in [6, 6.07) is 13.5. The summed E-state index contributed by atoms with van der Waals surface area (Å²) in [6.07, 6.45) is 0.458. The van der Waals surface area contributed by atoms with Gasteiger partial charge in [-0.05, 0) is 17.9 Å². The van der Waals surface area contributed by atoms with Gasteiger partial charge in [0.25, 0.3) is 0 Å². The summed E-state index contributed by atoms with van der Waals surface area (Å²) in [7, 11) is 0. The first kappa shape index (κ1) is 16.6. The second-order valence-corrected chi connectivity index (χ2v) is 5.01. The van der Waals surface area contributed by atoms with Gasteiger partial charge in [-0.1, -0.05) is 36.4 Å². The Morgan fingerprint density at radius 2 is 1.74 bits per heavy atom. The van der Waals surface area contributed by atoms with E-state index in [4.69, 9.17) is 9.84 Å². The summed E-state index contributed by atoms with van der Waals surface area (Å²) in [5.41, 5.74) is 0. The average molecular weight is 316 g/mol. The fraction of sp³-hybridized carbons (Fsp3) is 0.294. The highest BCUT2D eigenvalue weighted by molar-refractivity contribution is 5.88. The minimum Gasteiger partial charge on any atom is -0.491 e. The number of carboxylic acids is 1. The molecule has 3 N–H and O–H groups in total. The van der Waals surface area contributed by atoms with Crippen LogP contribution in [0.1, 0.15) is 12.8 Å². The second kappa shape index (κ2) is 8.63. The summed E-state index contributed by atoms with van der Waals surface area (Å²) in [4.78, 5) is 21.8. The molecule has 0 saturated heterocycles. The molecule has 0 radical (unpaired) electrons. The first-order valence-electron chi connectivity index (χ1n) is 7.51. The maximum Gasteiger partial charge on any atom is 0.314 e. The number of benzene rings is 2. The molecule has 0 saturated carbocycles. The Morgan fingerprint density at radius 1 is 1.00 bits per heavy atom. The van der Waals surface area contributed by atoms with Crippen LogP contribution in [0.4, 0.5) is 4.79 Å². The van der Waals surface area contributed by atoms with Gasteiger partial charge in [-0.15, -0.1) is 0 Å². The minimum atomic E-state index is -0.865. The Bertz CT molecular complexity index is 667. The van der Waals surface area contributed by atoms with E-state index in [-0.39, 0.29) is 12.5 Å². The topological polar surface area (TPSA) is 87.7 Å². The molecule has 0 atom stereocenters. The number of urea groups is 1. The van der Waals surface area contributed by atoms with Crippen LogP contribution in [0.2, 0.25) is 0 Å². The number of hydrogen-bond acceptors (Lipinski definition) is 3. The lowest BCUT2D eigenvalue weighted by Gasteiger charge is -2.10. The predicted molar refractivity (Wildman–Crippen MR) is 87.7 cm³/mol.